The van der Waals surface area contributed by atoms with Crippen LogP contribution in [0.25, 0.3) is 0 Å². The molecule has 0 unspecified atom stereocenters. The van der Waals surface area contributed by atoms with Crippen LogP contribution in [0, 0.1) is 0 Å². The summed E-state index contributed by atoms with van der Waals surface area (Å²) in [5, 5.41) is 0. The fraction of sp³-hybridized carbons (Fsp3) is 0.300. The lowest BCUT2D eigenvalue weighted by Gasteiger charge is -2.43. The summed E-state index contributed by atoms with van der Waals surface area (Å²) in [6, 6.07) is 4.68. The first-order valence-electron chi connectivity index (χ1n) is 4.84. The zero-order valence-electron chi connectivity index (χ0n) is 9.27. The predicted octanol–water partition coefficient (Wildman–Crippen LogP) is 1.49. The number of amides is 1. The van der Waals surface area contributed by atoms with Crippen LogP contribution in [-0.2, 0) is 14.8 Å². The van der Waals surface area contributed by atoms with Crippen molar-refractivity contribution in [3.8, 4) is 0 Å². The molecule has 1 aliphatic rings. The van der Waals surface area contributed by atoms with Gasteiger partial charge >= 0.3 is 0 Å². The molecule has 0 saturated carbocycles. The number of hydrogen-bond acceptors (Lipinski definition) is 4. The third kappa shape index (κ3) is 1.49. The molecule has 7 heteroatoms. The number of anilines is 2. The Labute approximate surface area is 108 Å². The maximum Gasteiger partial charge on any atom is 0.263 e. The van der Waals surface area contributed by atoms with Crippen LogP contribution in [0.2, 0.25) is 0 Å². The predicted molar refractivity (Wildman–Crippen MR) is 69.0 cm³/mol. The molecule has 0 aliphatic carbocycles. The first kappa shape index (κ1) is 12.4. The molecular formula is C10H11BrN2O3S. The number of nitrogens with two attached hydrogens (primary N) is 1. The van der Waals surface area contributed by atoms with E-state index in [0.29, 0.717) is 10.2 Å². The summed E-state index contributed by atoms with van der Waals surface area (Å²) < 4.78 is 23.9. The van der Waals surface area contributed by atoms with Gasteiger partial charge in [0.25, 0.3) is 15.9 Å². The Morgan fingerprint density at radius 2 is 1.94 bits per heavy atom. The maximum absolute atomic E-state index is 12.0. The van der Waals surface area contributed by atoms with E-state index in [-0.39, 0.29) is 5.69 Å². The van der Waals surface area contributed by atoms with Gasteiger partial charge in [0.15, 0.2) is 4.75 Å². The van der Waals surface area contributed by atoms with E-state index in [1.165, 1.54) is 19.9 Å². The molecule has 17 heavy (non-hydrogen) atoms. The first-order valence-corrected chi connectivity index (χ1v) is 7.07. The zero-order valence-corrected chi connectivity index (χ0v) is 11.7. The van der Waals surface area contributed by atoms with Crippen LogP contribution in [0.3, 0.4) is 0 Å². The number of rotatable bonds is 1. The topological polar surface area (TPSA) is 80.5 Å². The smallest absolute Gasteiger partial charge is 0.263 e. The van der Waals surface area contributed by atoms with Crippen molar-refractivity contribution in [1.29, 1.82) is 0 Å². The Balaban J connectivity index is 2.58. The van der Waals surface area contributed by atoms with Gasteiger partial charge in [-0.1, -0.05) is 0 Å². The number of carbonyl (C=O) groups is 1. The molecule has 1 aliphatic heterocycles. The fourth-order valence-electron chi connectivity index (χ4n) is 1.58. The van der Waals surface area contributed by atoms with E-state index in [4.69, 9.17) is 5.73 Å². The summed E-state index contributed by atoms with van der Waals surface area (Å²) in [6.07, 6.45) is 0. The number of carbonyl (C=O) groups excluding carboxylic acids is 1. The molecular weight excluding hydrogens is 308 g/mol. The van der Waals surface area contributed by atoms with Crippen molar-refractivity contribution in [1.82, 2.24) is 0 Å². The van der Waals surface area contributed by atoms with Gasteiger partial charge in [0.2, 0.25) is 0 Å². The molecule has 5 nitrogen and oxygen atoms in total. The van der Waals surface area contributed by atoms with E-state index in [2.05, 4.69) is 15.9 Å². The number of hydrogen-bond donors (Lipinski definition) is 1. The number of halogens is 1. The molecule has 1 aromatic carbocycles. The lowest BCUT2D eigenvalue weighted by Crippen LogP contribution is -2.67. The molecule has 2 N–H and O–H groups in total. The third-order valence-electron chi connectivity index (χ3n) is 2.77. The highest BCUT2D eigenvalue weighted by Gasteiger charge is 2.61. The third-order valence-corrected chi connectivity index (χ3v) is 5.75. The van der Waals surface area contributed by atoms with Crippen molar-refractivity contribution in [2.45, 2.75) is 18.6 Å². The van der Waals surface area contributed by atoms with Gasteiger partial charge in [0.05, 0.1) is 5.69 Å². The summed E-state index contributed by atoms with van der Waals surface area (Å²) in [7, 11) is -3.64. The molecule has 2 rings (SSSR count). The number of benzene rings is 1. The van der Waals surface area contributed by atoms with Gasteiger partial charge in [0.1, 0.15) is 0 Å². The van der Waals surface area contributed by atoms with E-state index >= 15 is 0 Å². The average molecular weight is 319 g/mol. The molecule has 1 heterocycles. The van der Waals surface area contributed by atoms with Gasteiger partial charge < -0.3 is 5.73 Å². The largest absolute Gasteiger partial charge is 0.399 e. The Morgan fingerprint density at radius 1 is 1.35 bits per heavy atom. The van der Waals surface area contributed by atoms with Crippen LogP contribution >= 0.6 is 15.9 Å². The fourth-order valence-corrected chi connectivity index (χ4v) is 3.61. The van der Waals surface area contributed by atoms with Crippen molar-refractivity contribution in [3.05, 3.63) is 22.7 Å². The lowest BCUT2D eigenvalue weighted by atomic mass is 10.1. The minimum absolute atomic E-state index is 0.259. The SMILES string of the molecule is CC1(C)C(=O)N(c2cc(N)ccc2Br)S1(=O)=O. The molecule has 1 fully saturated rings. The zero-order chi connectivity index (χ0) is 13.0. The average Bonchev–Trinajstić information content (AvgIpc) is 2.22. The first-order chi connectivity index (χ1) is 7.69. The molecule has 92 valence electrons. The Hall–Kier alpha value is -1.08. The second-order valence-electron chi connectivity index (χ2n) is 4.30. The summed E-state index contributed by atoms with van der Waals surface area (Å²) in [5.74, 6) is -0.455. The van der Waals surface area contributed by atoms with Gasteiger partial charge in [-0.3, -0.25) is 4.79 Å². The molecule has 0 spiro atoms. The van der Waals surface area contributed by atoms with Crippen LogP contribution in [0.5, 0.6) is 0 Å². The minimum Gasteiger partial charge on any atom is -0.399 e. The molecule has 0 radical (unpaired) electrons. The number of nitrogens with zero attached hydrogens (tertiary/aromatic N) is 1. The van der Waals surface area contributed by atoms with E-state index < -0.39 is 20.7 Å². The van der Waals surface area contributed by atoms with E-state index in [1.54, 1.807) is 12.1 Å². The van der Waals surface area contributed by atoms with Crippen LogP contribution in [-0.4, -0.2) is 19.1 Å². The van der Waals surface area contributed by atoms with Crippen molar-refractivity contribution in [2.24, 2.45) is 0 Å². The Bertz CT molecular complexity index is 610. The van der Waals surface area contributed by atoms with Crippen molar-refractivity contribution >= 4 is 43.2 Å². The summed E-state index contributed by atoms with van der Waals surface area (Å²) in [4.78, 5) is 11.8. The number of sulfonamides is 1. The monoisotopic (exact) mass is 318 g/mol. The van der Waals surface area contributed by atoms with Crippen LogP contribution < -0.4 is 10.0 Å². The molecule has 1 aromatic rings. The van der Waals surface area contributed by atoms with Crippen molar-refractivity contribution in [3.63, 3.8) is 0 Å². The Kier molecular flexibility index (Phi) is 2.52. The molecule has 1 amide bonds. The van der Waals surface area contributed by atoms with Crippen LogP contribution in [0.4, 0.5) is 11.4 Å². The van der Waals surface area contributed by atoms with Gasteiger partial charge in [-0.15, -0.1) is 0 Å². The van der Waals surface area contributed by atoms with Gasteiger partial charge in [-0.25, -0.2) is 12.7 Å². The summed E-state index contributed by atoms with van der Waals surface area (Å²) in [6.45, 7) is 2.78. The maximum atomic E-state index is 12.0. The van der Waals surface area contributed by atoms with Crippen molar-refractivity contribution in [2.75, 3.05) is 10.0 Å². The summed E-state index contributed by atoms with van der Waals surface area (Å²) in [5.41, 5.74) is 6.25. The van der Waals surface area contributed by atoms with Gasteiger partial charge in [0, 0.05) is 10.2 Å². The van der Waals surface area contributed by atoms with Crippen LogP contribution in [0.15, 0.2) is 22.7 Å². The van der Waals surface area contributed by atoms with Gasteiger partial charge in [-0.2, -0.15) is 0 Å². The highest BCUT2D eigenvalue weighted by Crippen LogP contribution is 2.42. The normalized spacial score (nSPS) is 21.1. The van der Waals surface area contributed by atoms with E-state index in [0.717, 1.165) is 4.31 Å². The molecule has 0 aromatic heterocycles. The van der Waals surface area contributed by atoms with Gasteiger partial charge in [-0.05, 0) is 48.0 Å². The second kappa shape index (κ2) is 3.46. The lowest BCUT2D eigenvalue weighted by molar-refractivity contribution is -0.120. The van der Waals surface area contributed by atoms with Crippen LogP contribution in [0.1, 0.15) is 13.8 Å². The standard InChI is InChI=1S/C10H11BrN2O3S/c1-10(2)9(14)13(17(10,15)16)8-5-6(12)3-4-7(8)11/h3-5H,12H2,1-2H3. The number of nitrogen functional groups attached to an aromatic ring is 1. The minimum atomic E-state index is -3.64. The van der Waals surface area contributed by atoms with Crippen molar-refractivity contribution < 1.29 is 13.2 Å². The quantitative estimate of drug-likeness (QED) is 0.795. The highest BCUT2D eigenvalue weighted by molar-refractivity contribution is 9.10. The second-order valence-corrected chi connectivity index (χ2v) is 7.49. The van der Waals surface area contributed by atoms with E-state index in [1.807, 2.05) is 0 Å². The summed E-state index contributed by atoms with van der Waals surface area (Å²) >= 11 is 3.21. The molecule has 1 saturated heterocycles. The Morgan fingerprint density at radius 3 is 2.47 bits per heavy atom. The molecule has 0 bridgehead atoms. The highest BCUT2D eigenvalue weighted by atomic mass is 79.9. The van der Waals surface area contributed by atoms with E-state index in [9.17, 15) is 13.2 Å². The molecule has 0 atom stereocenters.